The second kappa shape index (κ2) is 6.55. The number of hydrogen-bond donors (Lipinski definition) is 1. The van der Waals surface area contributed by atoms with Crippen LogP contribution in [0.4, 0.5) is 0 Å². The van der Waals surface area contributed by atoms with Gasteiger partial charge in [0.05, 0.1) is 0 Å². The van der Waals surface area contributed by atoms with Gasteiger partial charge in [-0.2, -0.15) is 0 Å². The first-order valence-electron chi connectivity index (χ1n) is 6.39. The molecule has 1 aromatic carbocycles. The Morgan fingerprint density at radius 1 is 1.24 bits per heavy atom. The monoisotopic (exact) mass is 233 g/mol. The molecule has 0 spiro atoms. The van der Waals surface area contributed by atoms with E-state index in [1.54, 1.807) is 0 Å². The van der Waals surface area contributed by atoms with Crippen LogP contribution in [-0.4, -0.2) is 5.78 Å². The molecule has 0 aliphatic heterocycles. The van der Waals surface area contributed by atoms with Gasteiger partial charge in [0.2, 0.25) is 0 Å². The molecule has 0 amide bonds. The number of ketones is 1. The molecule has 2 nitrogen and oxygen atoms in total. The molecule has 0 fully saturated rings. The van der Waals surface area contributed by atoms with Crippen molar-refractivity contribution in [3.05, 3.63) is 35.9 Å². The smallest absolute Gasteiger partial charge is 0.137 e. The number of carbonyl (C=O) groups excluding carboxylic acids is 1. The van der Waals surface area contributed by atoms with Crippen LogP contribution >= 0.6 is 0 Å². The molecule has 94 valence electrons. The molecular weight excluding hydrogens is 210 g/mol. The molecule has 0 radical (unpaired) electrons. The molecule has 3 unspecified atom stereocenters. The van der Waals surface area contributed by atoms with Crippen molar-refractivity contribution in [3.8, 4) is 0 Å². The van der Waals surface area contributed by atoms with Crippen LogP contribution in [0.15, 0.2) is 30.3 Å². The summed E-state index contributed by atoms with van der Waals surface area (Å²) in [5.41, 5.74) is 7.18. The second-order valence-corrected chi connectivity index (χ2v) is 4.91. The zero-order chi connectivity index (χ0) is 12.8. The van der Waals surface area contributed by atoms with Gasteiger partial charge in [-0.1, -0.05) is 57.5 Å². The molecule has 0 saturated carbocycles. The van der Waals surface area contributed by atoms with Crippen LogP contribution in [0.2, 0.25) is 0 Å². The Kier molecular flexibility index (Phi) is 5.36. The molecule has 0 heterocycles. The topological polar surface area (TPSA) is 43.1 Å². The van der Waals surface area contributed by atoms with Gasteiger partial charge in [-0.25, -0.2) is 0 Å². The van der Waals surface area contributed by atoms with E-state index < -0.39 is 0 Å². The van der Waals surface area contributed by atoms with Crippen molar-refractivity contribution in [1.29, 1.82) is 0 Å². The lowest BCUT2D eigenvalue weighted by molar-refractivity contribution is -0.123. The van der Waals surface area contributed by atoms with E-state index in [0.29, 0.717) is 12.3 Å². The van der Waals surface area contributed by atoms with Gasteiger partial charge >= 0.3 is 0 Å². The Hall–Kier alpha value is -1.15. The maximum atomic E-state index is 12.0. The van der Waals surface area contributed by atoms with Crippen molar-refractivity contribution in [3.63, 3.8) is 0 Å². The Balaban J connectivity index is 2.63. The lowest BCUT2D eigenvalue weighted by Gasteiger charge is -2.20. The maximum absolute atomic E-state index is 12.0. The third kappa shape index (κ3) is 3.97. The molecule has 1 rings (SSSR count). The van der Waals surface area contributed by atoms with Crippen LogP contribution < -0.4 is 5.73 Å². The van der Waals surface area contributed by atoms with Crippen LogP contribution in [0.3, 0.4) is 0 Å². The van der Waals surface area contributed by atoms with E-state index >= 15 is 0 Å². The van der Waals surface area contributed by atoms with Crippen LogP contribution in [0, 0.1) is 11.8 Å². The average Bonchev–Trinajstić information content (AvgIpc) is 2.37. The summed E-state index contributed by atoms with van der Waals surface area (Å²) in [7, 11) is 0. The van der Waals surface area contributed by atoms with Gasteiger partial charge in [0.15, 0.2) is 0 Å². The first-order chi connectivity index (χ1) is 8.06. The zero-order valence-electron chi connectivity index (χ0n) is 11.0. The van der Waals surface area contributed by atoms with Crippen molar-refractivity contribution < 1.29 is 4.79 Å². The first-order valence-corrected chi connectivity index (χ1v) is 6.39. The van der Waals surface area contributed by atoms with Crippen molar-refractivity contribution >= 4 is 5.78 Å². The minimum absolute atomic E-state index is 0.105. The highest BCUT2D eigenvalue weighted by Crippen LogP contribution is 2.22. The van der Waals surface area contributed by atoms with Gasteiger partial charge in [-0.05, 0) is 11.5 Å². The van der Waals surface area contributed by atoms with E-state index in [1.807, 2.05) is 37.3 Å². The third-order valence-corrected chi connectivity index (χ3v) is 3.48. The highest BCUT2D eigenvalue weighted by atomic mass is 16.1. The number of hydrogen-bond acceptors (Lipinski definition) is 2. The lowest BCUT2D eigenvalue weighted by atomic mass is 9.87. The number of carbonyl (C=O) groups is 1. The van der Waals surface area contributed by atoms with E-state index in [0.717, 1.165) is 12.0 Å². The molecule has 0 aromatic heterocycles. The van der Waals surface area contributed by atoms with Gasteiger partial charge in [0.25, 0.3) is 0 Å². The average molecular weight is 233 g/mol. The zero-order valence-corrected chi connectivity index (χ0v) is 11.0. The fourth-order valence-corrected chi connectivity index (χ4v) is 1.84. The van der Waals surface area contributed by atoms with E-state index in [9.17, 15) is 4.79 Å². The molecule has 0 bridgehead atoms. The standard InChI is InChI=1S/C15H23NO/c1-4-11(2)10-14(17)12(3)15(16)13-8-6-5-7-9-13/h5-9,11-12,15H,4,10,16H2,1-3H3. The van der Waals surface area contributed by atoms with Crippen LogP contribution in [-0.2, 0) is 4.79 Å². The molecule has 2 N–H and O–H groups in total. The summed E-state index contributed by atoms with van der Waals surface area (Å²) in [6, 6.07) is 9.66. The molecule has 0 saturated heterocycles. The number of Topliss-reactive ketones (excluding diaryl/α,β-unsaturated/α-hetero) is 1. The Morgan fingerprint density at radius 3 is 2.35 bits per heavy atom. The fourth-order valence-electron chi connectivity index (χ4n) is 1.84. The lowest BCUT2D eigenvalue weighted by Crippen LogP contribution is -2.27. The van der Waals surface area contributed by atoms with Crippen molar-refractivity contribution in [1.82, 2.24) is 0 Å². The first kappa shape index (κ1) is 13.9. The Morgan fingerprint density at radius 2 is 1.82 bits per heavy atom. The highest BCUT2D eigenvalue weighted by Gasteiger charge is 2.22. The van der Waals surface area contributed by atoms with Crippen molar-refractivity contribution in [2.24, 2.45) is 17.6 Å². The molecule has 0 aliphatic carbocycles. The maximum Gasteiger partial charge on any atom is 0.137 e. The summed E-state index contributed by atoms with van der Waals surface area (Å²) in [5.74, 6) is 0.620. The minimum atomic E-state index is -0.187. The number of rotatable bonds is 6. The van der Waals surface area contributed by atoms with Crippen LogP contribution in [0.25, 0.3) is 0 Å². The summed E-state index contributed by atoms with van der Waals surface area (Å²) in [6.07, 6.45) is 1.68. The van der Waals surface area contributed by atoms with Crippen LogP contribution in [0.1, 0.15) is 45.2 Å². The normalized spacial score (nSPS) is 16.2. The van der Waals surface area contributed by atoms with Crippen molar-refractivity contribution in [2.75, 3.05) is 0 Å². The van der Waals surface area contributed by atoms with E-state index in [1.165, 1.54) is 0 Å². The van der Waals surface area contributed by atoms with E-state index in [-0.39, 0.29) is 17.7 Å². The largest absolute Gasteiger partial charge is 0.323 e. The predicted molar refractivity (Wildman–Crippen MR) is 71.6 cm³/mol. The number of benzene rings is 1. The number of nitrogens with two attached hydrogens (primary N) is 1. The SMILES string of the molecule is CCC(C)CC(=O)C(C)C(N)c1ccccc1. The molecule has 0 aliphatic rings. The Bertz CT molecular complexity index is 347. The van der Waals surface area contributed by atoms with E-state index in [4.69, 9.17) is 5.73 Å². The highest BCUT2D eigenvalue weighted by molar-refractivity contribution is 5.81. The van der Waals surface area contributed by atoms with Gasteiger partial charge in [0.1, 0.15) is 5.78 Å². The summed E-state index contributed by atoms with van der Waals surface area (Å²) >= 11 is 0. The van der Waals surface area contributed by atoms with Gasteiger partial charge in [-0.3, -0.25) is 4.79 Å². The molecule has 1 aromatic rings. The summed E-state index contributed by atoms with van der Waals surface area (Å²) in [6.45, 7) is 6.15. The summed E-state index contributed by atoms with van der Waals surface area (Å²) < 4.78 is 0. The molecule has 3 atom stereocenters. The van der Waals surface area contributed by atoms with E-state index in [2.05, 4.69) is 13.8 Å². The van der Waals surface area contributed by atoms with Gasteiger partial charge in [0, 0.05) is 18.4 Å². The summed E-state index contributed by atoms with van der Waals surface area (Å²) in [5, 5.41) is 0. The quantitative estimate of drug-likeness (QED) is 0.819. The molecule has 2 heteroatoms. The van der Waals surface area contributed by atoms with Crippen molar-refractivity contribution in [2.45, 2.75) is 39.7 Å². The minimum Gasteiger partial charge on any atom is -0.323 e. The fraction of sp³-hybridized carbons (Fsp3) is 0.533. The third-order valence-electron chi connectivity index (χ3n) is 3.48. The molecular formula is C15H23NO. The Labute approximate surface area is 104 Å². The predicted octanol–water partition coefficient (Wildman–Crippen LogP) is 3.33. The van der Waals surface area contributed by atoms with Crippen LogP contribution in [0.5, 0.6) is 0 Å². The molecule has 17 heavy (non-hydrogen) atoms. The van der Waals surface area contributed by atoms with Gasteiger partial charge < -0.3 is 5.73 Å². The second-order valence-electron chi connectivity index (χ2n) is 4.91. The van der Waals surface area contributed by atoms with Gasteiger partial charge in [-0.15, -0.1) is 0 Å². The summed E-state index contributed by atoms with van der Waals surface area (Å²) in [4.78, 5) is 12.0.